The van der Waals surface area contributed by atoms with E-state index in [0.29, 0.717) is 19.5 Å². The maximum absolute atomic E-state index is 9.76. The molecule has 0 spiro atoms. The maximum Gasteiger partial charge on any atom is 0.0950 e. The fourth-order valence-electron chi connectivity index (χ4n) is 1.38. The molecule has 2 rings (SSSR count). The van der Waals surface area contributed by atoms with Crippen molar-refractivity contribution in [2.24, 2.45) is 0 Å². The van der Waals surface area contributed by atoms with Crippen molar-refractivity contribution in [2.45, 2.75) is 12.0 Å². The van der Waals surface area contributed by atoms with Gasteiger partial charge in [-0.15, -0.1) is 0 Å². The predicted octanol–water partition coefficient (Wildman–Crippen LogP) is -0.0416. The molecule has 0 bridgehead atoms. The van der Waals surface area contributed by atoms with Gasteiger partial charge in [0.2, 0.25) is 0 Å². The van der Waals surface area contributed by atoms with Gasteiger partial charge in [-0.05, 0) is 12.1 Å². The lowest BCUT2D eigenvalue weighted by Gasteiger charge is -2.37. The van der Waals surface area contributed by atoms with E-state index in [2.05, 4.69) is 10.3 Å². The summed E-state index contributed by atoms with van der Waals surface area (Å²) in [6.45, 7) is 1.37. The van der Waals surface area contributed by atoms with Crippen LogP contribution in [0, 0.1) is 0 Å². The molecule has 0 saturated carbocycles. The normalized spacial score (nSPS) is 20.1. The fraction of sp³-hybridized carbons (Fsp3) is 0.444. The lowest BCUT2D eigenvalue weighted by atomic mass is 9.91. The van der Waals surface area contributed by atoms with E-state index >= 15 is 0 Å². The van der Waals surface area contributed by atoms with Crippen molar-refractivity contribution in [3.8, 4) is 0 Å². The van der Waals surface area contributed by atoms with Crippen LogP contribution < -0.4 is 5.32 Å². The highest BCUT2D eigenvalue weighted by Crippen LogP contribution is 2.15. The van der Waals surface area contributed by atoms with Gasteiger partial charge < -0.3 is 10.4 Å². The summed E-state index contributed by atoms with van der Waals surface area (Å²) >= 11 is 0. The molecule has 1 aliphatic heterocycles. The highest BCUT2D eigenvalue weighted by atomic mass is 16.3. The molecule has 2 heterocycles. The minimum atomic E-state index is -0.547. The van der Waals surface area contributed by atoms with Gasteiger partial charge in [0.25, 0.3) is 0 Å². The summed E-state index contributed by atoms with van der Waals surface area (Å²) in [5.41, 5.74) is 0.412. The molecule has 0 amide bonds. The Morgan fingerprint density at radius 2 is 2.33 bits per heavy atom. The Morgan fingerprint density at radius 1 is 1.50 bits per heavy atom. The van der Waals surface area contributed by atoms with E-state index in [1.165, 1.54) is 0 Å². The maximum atomic E-state index is 9.76. The van der Waals surface area contributed by atoms with Crippen LogP contribution in [0.2, 0.25) is 0 Å². The average Bonchev–Trinajstić information content (AvgIpc) is 2.04. The molecular weight excluding hydrogens is 152 g/mol. The SMILES string of the molecule is OC1(Cc2ccccn2)CNC1. The molecular formula is C9H12N2O. The second kappa shape index (κ2) is 2.84. The molecule has 1 saturated heterocycles. The van der Waals surface area contributed by atoms with Crippen LogP contribution >= 0.6 is 0 Å². The van der Waals surface area contributed by atoms with Crippen LogP contribution in [-0.4, -0.2) is 28.8 Å². The van der Waals surface area contributed by atoms with Crippen molar-refractivity contribution < 1.29 is 5.11 Å². The molecule has 3 nitrogen and oxygen atoms in total. The van der Waals surface area contributed by atoms with Crippen LogP contribution in [0.5, 0.6) is 0 Å². The third-order valence-electron chi connectivity index (χ3n) is 2.14. The summed E-state index contributed by atoms with van der Waals surface area (Å²) in [6, 6.07) is 5.76. The van der Waals surface area contributed by atoms with Gasteiger partial charge in [-0.2, -0.15) is 0 Å². The number of rotatable bonds is 2. The molecule has 12 heavy (non-hydrogen) atoms. The molecule has 3 heteroatoms. The number of aromatic nitrogens is 1. The van der Waals surface area contributed by atoms with Crippen LogP contribution in [0.15, 0.2) is 24.4 Å². The van der Waals surface area contributed by atoms with Gasteiger partial charge in [-0.25, -0.2) is 0 Å². The van der Waals surface area contributed by atoms with E-state index in [4.69, 9.17) is 0 Å². The minimum Gasteiger partial charge on any atom is -0.387 e. The van der Waals surface area contributed by atoms with Crippen LogP contribution in [0.1, 0.15) is 5.69 Å². The predicted molar refractivity (Wildman–Crippen MR) is 45.8 cm³/mol. The van der Waals surface area contributed by atoms with Crippen molar-refractivity contribution in [3.05, 3.63) is 30.1 Å². The van der Waals surface area contributed by atoms with Crippen LogP contribution in [0.25, 0.3) is 0 Å². The average molecular weight is 164 g/mol. The molecule has 1 aliphatic rings. The number of β-amino-alcohol motifs (C(OH)–C–C–N with tert-alkyl or cyclic N) is 1. The quantitative estimate of drug-likeness (QED) is 0.644. The first-order valence-corrected chi connectivity index (χ1v) is 4.12. The first-order valence-electron chi connectivity index (χ1n) is 4.12. The Hall–Kier alpha value is -0.930. The van der Waals surface area contributed by atoms with Crippen molar-refractivity contribution in [1.29, 1.82) is 0 Å². The molecule has 2 N–H and O–H groups in total. The topological polar surface area (TPSA) is 45.2 Å². The van der Waals surface area contributed by atoms with Gasteiger partial charge in [0.15, 0.2) is 0 Å². The third kappa shape index (κ3) is 1.47. The van der Waals surface area contributed by atoms with Crippen LogP contribution in [-0.2, 0) is 6.42 Å². The molecule has 0 aromatic carbocycles. The van der Waals surface area contributed by atoms with E-state index < -0.39 is 5.60 Å². The number of nitrogens with one attached hydrogen (secondary N) is 1. The number of nitrogens with zero attached hydrogens (tertiary/aromatic N) is 1. The summed E-state index contributed by atoms with van der Waals surface area (Å²) in [5, 5.41) is 12.8. The number of hydrogen-bond acceptors (Lipinski definition) is 3. The van der Waals surface area contributed by atoms with Gasteiger partial charge in [0, 0.05) is 31.4 Å². The van der Waals surface area contributed by atoms with Crippen molar-refractivity contribution in [3.63, 3.8) is 0 Å². The van der Waals surface area contributed by atoms with Gasteiger partial charge in [0.1, 0.15) is 0 Å². The monoisotopic (exact) mass is 164 g/mol. The molecule has 0 aliphatic carbocycles. The Bertz CT molecular complexity index is 256. The largest absolute Gasteiger partial charge is 0.387 e. The lowest BCUT2D eigenvalue weighted by molar-refractivity contribution is -0.00981. The van der Waals surface area contributed by atoms with Gasteiger partial charge >= 0.3 is 0 Å². The van der Waals surface area contributed by atoms with Crippen LogP contribution in [0.4, 0.5) is 0 Å². The molecule has 0 atom stereocenters. The molecule has 1 fully saturated rings. The number of pyridine rings is 1. The number of aliphatic hydroxyl groups is 1. The van der Waals surface area contributed by atoms with E-state index in [1.54, 1.807) is 6.20 Å². The molecule has 0 unspecified atom stereocenters. The number of hydrogen-bond donors (Lipinski definition) is 2. The Labute approximate surface area is 71.4 Å². The summed E-state index contributed by atoms with van der Waals surface area (Å²) in [5.74, 6) is 0. The zero-order valence-electron chi connectivity index (χ0n) is 6.83. The Balaban J connectivity index is 2.04. The summed E-state index contributed by atoms with van der Waals surface area (Å²) < 4.78 is 0. The molecule has 1 aromatic heterocycles. The first-order chi connectivity index (χ1) is 5.79. The van der Waals surface area contributed by atoms with Gasteiger partial charge in [0.05, 0.1) is 5.60 Å². The smallest absolute Gasteiger partial charge is 0.0950 e. The first kappa shape index (κ1) is 7.71. The molecule has 0 radical (unpaired) electrons. The van der Waals surface area contributed by atoms with E-state index in [1.807, 2.05) is 18.2 Å². The van der Waals surface area contributed by atoms with Crippen LogP contribution in [0.3, 0.4) is 0 Å². The Kier molecular flexibility index (Phi) is 1.83. The zero-order chi connectivity index (χ0) is 8.44. The third-order valence-corrected chi connectivity index (χ3v) is 2.14. The second-order valence-electron chi connectivity index (χ2n) is 3.33. The van der Waals surface area contributed by atoms with Crippen molar-refractivity contribution in [1.82, 2.24) is 10.3 Å². The highest BCUT2D eigenvalue weighted by molar-refractivity contribution is 5.10. The minimum absolute atomic E-state index is 0.547. The summed E-state index contributed by atoms with van der Waals surface area (Å²) in [4.78, 5) is 4.16. The van der Waals surface area contributed by atoms with E-state index in [9.17, 15) is 5.11 Å². The Morgan fingerprint density at radius 3 is 2.83 bits per heavy atom. The van der Waals surface area contributed by atoms with E-state index in [-0.39, 0.29) is 0 Å². The fourth-order valence-corrected chi connectivity index (χ4v) is 1.38. The molecule has 64 valence electrons. The highest BCUT2D eigenvalue weighted by Gasteiger charge is 2.34. The van der Waals surface area contributed by atoms with Crippen molar-refractivity contribution in [2.75, 3.05) is 13.1 Å². The van der Waals surface area contributed by atoms with E-state index in [0.717, 1.165) is 5.69 Å². The second-order valence-corrected chi connectivity index (χ2v) is 3.33. The summed E-state index contributed by atoms with van der Waals surface area (Å²) in [6.07, 6.45) is 2.41. The van der Waals surface area contributed by atoms with Gasteiger partial charge in [-0.1, -0.05) is 6.07 Å². The molecule has 1 aromatic rings. The van der Waals surface area contributed by atoms with Gasteiger partial charge in [-0.3, -0.25) is 4.98 Å². The lowest BCUT2D eigenvalue weighted by Crippen LogP contribution is -2.60. The van der Waals surface area contributed by atoms with Crippen molar-refractivity contribution >= 4 is 0 Å². The standard InChI is InChI=1S/C9H12N2O/c12-9(6-10-7-9)5-8-3-1-2-4-11-8/h1-4,10,12H,5-7H2. The summed E-state index contributed by atoms with van der Waals surface area (Å²) in [7, 11) is 0. The zero-order valence-corrected chi connectivity index (χ0v) is 6.83.